The lowest BCUT2D eigenvalue weighted by atomic mass is 10.0. The number of ether oxygens (including phenoxy) is 1. The van der Waals surface area contributed by atoms with Crippen LogP contribution in [0.5, 0.6) is 0 Å². The van der Waals surface area contributed by atoms with E-state index in [9.17, 15) is 9.59 Å². The Morgan fingerprint density at radius 2 is 2.00 bits per heavy atom. The average Bonchev–Trinajstić information content (AvgIpc) is 2.76. The van der Waals surface area contributed by atoms with Crippen LogP contribution in [-0.4, -0.2) is 43.5 Å². The van der Waals surface area contributed by atoms with Gasteiger partial charge in [0.1, 0.15) is 0 Å². The van der Waals surface area contributed by atoms with Crippen molar-refractivity contribution in [3.8, 4) is 6.07 Å². The molecule has 2 N–H and O–H groups in total. The van der Waals surface area contributed by atoms with Gasteiger partial charge in [0.2, 0.25) is 0 Å². The first-order valence-electron chi connectivity index (χ1n) is 9.51. The van der Waals surface area contributed by atoms with Crippen LogP contribution in [0.4, 0.5) is 5.69 Å². The van der Waals surface area contributed by atoms with Crippen LogP contribution in [-0.2, 0) is 33.8 Å². The van der Waals surface area contributed by atoms with Crippen LogP contribution in [0.25, 0.3) is 0 Å². The van der Waals surface area contributed by atoms with Gasteiger partial charge < -0.3 is 20.3 Å². The number of anilines is 1. The monoisotopic (exact) mass is 392 g/mol. The molecular formula is C22H24N4O3. The second kappa shape index (κ2) is 9.82. The summed E-state index contributed by atoms with van der Waals surface area (Å²) < 4.78 is 5.08. The molecule has 2 aromatic carbocycles. The molecule has 7 heteroatoms. The summed E-state index contributed by atoms with van der Waals surface area (Å²) in [5, 5.41) is 14.9. The van der Waals surface area contributed by atoms with Crippen molar-refractivity contribution in [3.63, 3.8) is 0 Å². The molecule has 150 valence electrons. The van der Waals surface area contributed by atoms with Gasteiger partial charge in [-0.3, -0.25) is 9.59 Å². The first-order valence-corrected chi connectivity index (χ1v) is 9.51. The molecule has 0 bridgehead atoms. The third-order valence-electron chi connectivity index (χ3n) is 4.85. The van der Waals surface area contributed by atoms with Crippen LogP contribution in [0.2, 0.25) is 0 Å². The Hall–Kier alpha value is -3.21. The Labute approximate surface area is 170 Å². The highest BCUT2D eigenvalue weighted by atomic mass is 16.5. The summed E-state index contributed by atoms with van der Waals surface area (Å²) in [5.41, 5.74) is 4.38. The third kappa shape index (κ3) is 5.41. The van der Waals surface area contributed by atoms with Gasteiger partial charge in [0.25, 0.3) is 0 Å². The standard InChI is InChI=1S/C22H24N4O3/c1-29-11-10-26(15-17-4-2-16(13-23)3-5-17)22(28)21(27)25-20-7-6-18-8-9-24-14-19(18)12-20/h2-7,12,24H,8-11,14-15H2,1H3,(H,25,27). The van der Waals surface area contributed by atoms with E-state index in [-0.39, 0.29) is 13.1 Å². The Balaban J connectivity index is 1.69. The minimum Gasteiger partial charge on any atom is -0.383 e. The van der Waals surface area contributed by atoms with E-state index in [1.165, 1.54) is 10.5 Å². The maximum Gasteiger partial charge on any atom is 0.313 e. The topological polar surface area (TPSA) is 94.5 Å². The zero-order valence-corrected chi connectivity index (χ0v) is 16.4. The fourth-order valence-corrected chi connectivity index (χ4v) is 3.25. The van der Waals surface area contributed by atoms with Gasteiger partial charge in [0, 0.05) is 32.4 Å². The largest absolute Gasteiger partial charge is 0.383 e. The van der Waals surface area contributed by atoms with Crippen LogP contribution in [0, 0.1) is 11.3 Å². The summed E-state index contributed by atoms with van der Waals surface area (Å²) in [6.45, 7) is 2.57. The molecule has 1 heterocycles. The summed E-state index contributed by atoms with van der Waals surface area (Å²) in [4.78, 5) is 26.8. The minimum atomic E-state index is -0.682. The van der Waals surface area contributed by atoms with E-state index >= 15 is 0 Å². The van der Waals surface area contributed by atoms with Gasteiger partial charge in [-0.2, -0.15) is 5.26 Å². The molecule has 0 atom stereocenters. The summed E-state index contributed by atoms with van der Waals surface area (Å²) in [6, 6.07) is 14.7. The number of hydrogen-bond donors (Lipinski definition) is 2. The number of nitriles is 1. The first kappa shape index (κ1) is 20.5. The number of hydrogen-bond acceptors (Lipinski definition) is 5. The number of amides is 2. The Morgan fingerprint density at radius 3 is 2.72 bits per heavy atom. The zero-order valence-electron chi connectivity index (χ0n) is 16.4. The predicted octanol–water partition coefficient (Wildman–Crippen LogP) is 1.82. The van der Waals surface area contributed by atoms with Crippen molar-refractivity contribution in [3.05, 3.63) is 64.7 Å². The van der Waals surface area contributed by atoms with Crippen molar-refractivity contribution in [1.82, 2.24) is 10.2 Å². The van der Waals surface area contributed by atoms with E-state index in [1.807, 2.05) is 18.2 Å². The highest BCUT2D eigenvalue weighted by Gasteiger charge is 2.22. The fraction of sp³-hybridized carbons (Fsp3) is 0.318. The molecule has 0 saturated carbocycles. The quantitative estimate of drug-likeness (QED) is 0.732. The third-order valence-corrected chi connectivity index (χ3v) is 4.85. The molecule has 0 radical (unpaired) electrons. The highest BCUT2D eigenvalue weighted by Crippen LogP contribution is 2.19. The molecule has 0 aliphatic carbocycles. The van der Waals surface area contributed by atoms with Gasteiger partial charge in [-0.25, -0.2) is 0 Å². The summed E-state index contributed by atoms with van der Waals surface area (Å²) in [6.07, 6.45) is 0.956. The second-order valence-electron chi connectivity index (χ2n) is 6.89. The van der Waals surface area contributed by atoms with Gasteiger partial charge in [0.05, 0.1) is 18.2 Å². The van der Waals surface area contributed by atoms with Crippen molar-refractivity contribution in [1.29, 1.82) is 5.26 Å². The smallest absolute Gasteiger partial charge is 0.313 e. The first-order chi connectivity index (χ1) is 14.1. The summed E-state index contributed by atoms with van der Waals surface area (Å²) in [5.74, 6) is -1.30. The summed E-state index contributed by atoms with van der Waals surface area (Å²) in [7, 11) is 1.55. The van der Waals surface area contributed by atoms with Crippen LogP contribution in [0.1, 0.15) is 22.3 Å². The van der Waals surface area contributed by atoms with Gasteiger partial charge in [0.15, 0.2) is 0 Å². The number of methoxy groups -OCH3 is 1. The zero-order chi connectivity index (χ0) is 20.6. The van der Waals surface area contributed by atoms with E-state index < -0.39 is 11.8 Å². The predicted molar refractivity (Wildman–Crippen MR) is 109 cm³/mol. The average molecular weight is 392 g/mol. The molecule has 7 nitrogen and oxygen atoms in total. The van der Waals surface area contributed by atoms with Crippen LogP contribution < -0.4 is 10.6 Å². The van der Waals surface area contributed by atoms with Crippen LogP contribution in [0.15, 0.2) is 42.5 Å². The lowest BCUT2D eigenvalue weighted by Crippen LogP contribution is -2.41. The molecule has 2 amide bonds. The van der Waals surface area contributed by atoms with E-state index in [4.69, 9.17) is 10.00 Å². The van der Waals surface area contributed by atoms with Crippen LogP contribution >= 0.6 is 0 Å². The lowest BCUT2D eigenvalue weighted by Gasteiger charge is -2.22. The van der Waals surface area contributed by atoms with Gasteiger partial charge in [-0.15, -0.1) is 0 Å². The Morgan fingerprint density at radius 1 is 1.21 bits per heavy atom. The van der Waals surface area contributed by atoms with Gasteiger partial charge in [-0.05, 0) is 53.9 Å². The van der Waals surface area contributed by atoms with E-state index in [2.05, 4.69) is 16.7 Å². The van der Waals surface area contributed by atoms with E-state index in [0.29, 0.717) is 17.9 Å². The van der Waals surface area contributed by atoms with Gasteiger partial charge >= 0.3 is 11.8 Å². The lowest BCUT2D eigenvalue weighted by molar-refractivity contribution is -0.144. The highest BCUT2D eigenvalue weighted by molar-refractivity contribution is 6.39. The number of fused-ring (bicyclic) bond motifs is 1. The molecule has 0 spiro atoms. The molecule has 3 rings (SSSR count). The number of carbonyl (C=O) groups is 2. The molecule has 0 unspecified atom stereocenters. The van der Waals surface area contributed by atoms with Gasteiger partial charge in [-0.1, -0.05) is 18.2 Å². The fourth-order valence-electron chi connectivity index (χ4n) is 3.25. The normalized spacial score (nSPS) is 12.6. The molecule has 1 aliphatic rings. The Bertz CT molecular complexity index is 919. The van der Waals surface area contributed by atoms with Crippen LogP contribution in [0.3, 0.4) is 0 Å². The number of rotatable bonds is 6. The molecule has 0 saturated heterocycles. The molecular weight excluding hydrogens is 368 g/mol. The summed E-state index contributed by atoms with van der Waals surface area (Å²) >= 11 is 0. The van der Waals surface area contributed by atoms with Crippen molar-refractivity contribution >= 4 is 17.5 Å². The molecule has 0 fully saturated rings. The maximum absolute atomic E-state index is 12.8. The number of nitrogens with one attached hydrogen (secondary N) is 2. The van der Waals surface area contributed by atoms with E-state index in [0.717, 1.165) is 30.6 Å². The SMILES string of the molecule is COCCN(Cc1ccc(C#N)cc1)C(=O)C(=O)Nc1ccc2c(c1)CNCC2. The van der Waals surface area contributed by atoms with Crippen molar-refractivity contribution in [2.24, 2.45) is 0 Å². The number of carbonyl (C=O) groups excluding carboxylic acids is 2. The van der Waals surface area contributed by atoms with Crippen molar-refractivity contribution in [2.75, 3.05) is 32.1 Å². The molecule has 0 aromatic heterocycles. The van der Waals surface area contributed by atoms with Crippen molar-refractivity contribution < 1.29 is 14.3 Å². The molecule has 2 aromatic rings. The molecule has 29 heavy (non-hydrogen) atoms. The van der Waals surface area contributed by atoms with E-state index in [1.54, 1.807) is 31.4 Å². The minimum absolute atomic E-state index is 0.259. The maximum atomic E-state index is 12.8. The molecule has 1 aliphatic heterocycles. The van der Waals surface area contributed by atoms with Crippen molar-refractivity contribution in [2.45, 2.75) is 19.5 Å². The number of nitrogens with zero attached hydrogens (tertiary/aromatic N) is 2. The second-order valence-corrected chi connectivity index (χ2v) is 6.89. The number of benzene rings is 2. The Kier molecular flexibility index (Phi) is 6.95.